The average Bonchev–Trinajstić information content (AvgIpc) is 3.00. The van der Waals surface area contributed by atoms with Gasteiger partial charge in [0, 0.05) is 22.6 Å². The first kappa shape index (κ1) is 16.4. The standard InChI is InChI=1S/C15H19BrN2O2S/c1-2-14(15-17-6-7-21-15)18-9-12(19)10-20-13-5-3-4-11(16)8-13/h3-8,12,14,18-19H,2,9-10H2,1H3. The molecule has 2 unspecified atom stereocenters. The van der Waals surface area contributed by atoms with Crippen LogP contribution in [0.25, 0.3) is 0 Å². The molecular weight excluding hydrogens is 352 g/mol. The van der Waals surface area contributed by atoms with Gasteiger partial charge in [-0.25, -0.2) is 4.98 Å². The Morgan fingerprint density at radius 2 is 2.33 bits per heavy atom. The first-order valence-corrected chi connectivity index (χ1v) is 8.55. The number of aromatic nitrogens is 1. The molecule has 2 rings (SSSR count). The SMILES string of the molecule is CCC(NCC(O)COc1cccc(Br)c1)c1nccs1. The minimum Gasteiger partial charge on any atom is -0.491 e. The van der Waals surface area contributed by atoms with Gasteiger partial charge in [-0.2, -0.15) is 0 Å². The van der Waals surface area contributed by atoms with Gasteiger partial charge in [-0.3, -0.25) is 0 Å². The molecule has 0 aliphatic rings. The van der Waals surface area contributed by atoms with Crippen molar-refractivity contribution in [3.63, 3.8) is 0 Å². The van der Waals surface area contributed by atoms with Gasteiger partial charge >= 0.3 is 0 Å². The number of aliphatic hydroxyl groups excluding tert-OH is 1. The summed E-state index contributed by atoms with van der Waals surface area (Å²) < 4.78 is 6.53. The van der Waals surface area contributed by atoms with E-state index in [4.69, 9.17) is 4.74 Å². The lowest BCUT2D eigenvalue weighted by Crippen LogP contribution is -2.33. The van der Waals surface area contributed by atoms with Crippen LogP contribution in [0.5, 0.6) is 5.75 Å². The Hall–Kier alpha value is -0.950. The molecule has 0 fully saturated rings. The van der Waals surface area contributed by atoms with E-state index >= 15 is 0 Å². The molecule has 0 spiro atoms. The summed E-state index contributed by atoms with van der Waals surface area (Å²) in [7, 11) is 0. The van der Waals surface area contributed by atoms with E-state index in [1.54, 1.807) is 17.5 Å². The molecule has 1 aromatic carbocycles. The Balaban J connectivity index is 1.75. The third-order valence-corrected chi connectivity index (χ3v) is 4.38. The van der Waals surface area contributed by atoms with Crippen molar-refractivity contribution in [3.05, 3.63) is 45.3 Å². The molecule has 2 N–H and O–H groups in total. The number of thiazole rings is 1. The van der Waals surface area contributed by atoms with Crippen LogP contribution >= 0.6 is 27.3 Å². The Kier molecular flexibility index (Phi) is 6.63. The number of ether oxygens (including phenoxy) is 1. The molecule has 114 valence electrons. The van der Waals surface area contributed by atoms with E-state index in [0.29, 0.717) is 6.54 Å². The maximum Gasteiger partial charge on any atom is 0.120 e. The maximum atomic E-state index is 10.0. The van der Waals surface area contributed by atoms with E-state index in [-0.39, 0.29) is 12.6 Å². The van der Waals surface area contributed by atoms with Crippen LogP contribution in [0.15, 0.2) is 40.3 Å². The number of aliphatic hydroxyl groups is 1. The highest BCUT2D eigenvalue weighted by atomic mass is 79.9. The molecule has 6 heteroatoms. The van der Waals surface area contributed by atoms with E-state index in [9.17, 15) is 5.11 Å². The topological polar surface area (TPSA) is 54.4 Å². The molecule has 0 bridgehead atoms. The average molecular weight is 371 g/mol. The number of nitrogens with one attached hydrogen (secondary N) is 1. The van der Waals surface area contributed by atoms with Crippen LogP contribution in [0, 0.1) is 0 Å². The quantitative estimate of drug-likeness (QED) is 0.747. The van der Waals surface area contributed by atoms with Crippen LogP contribution in [0.2, 0.25) is 0 Å². The van der Waals surface area contributed by atoms with Crippen molar-refractivity contribution in [2.45, 2.75) is 25.5 Å². The van der Waals surface area contributed by atoms with E-state index in [0.717, 1.165) is 21.7 Å². The van der Waals surface area contributed by atoms with Crippen molar-refractivity contribution in [1.82, 2.24) is 10.3 Å². The Morgan fingerprint density at radius 1 is 1.48 bits per heavy atom. The molecule has 1 heterocycles. The Labute approximate surface area is 137 Å². The number of rotatable bonds is 8. The minimum atomic E-state index is -0.557. The lowest BCUT2D eigenvalue weighted by atomic mass is 10.2. The molecular formula is C15H19BrN2O2S. The molecule has 0 saturated heterocycles. The predicted octanol–water partition coefficient (Wildman–Crippen LogP) is 3.39. The summed E-state index contributed by atoms with van der Waals surface area (Å²) >= 11 is 5.02. The summed E-state index contributed by atoms with van der Waals surface area (Å²) in [5.74, 6) is 0.746. The minimum absolute atomic E-state index is 0.186. The third kappa shape index (κ3) is 5.39. The van der Waals surface area contributed by atoms with Crippen molar-refractivity contribution >= 4 is 27.3 Å². The van der Waals surface area contributed by atoms with Crippen LogP contribution in [0.3, 0.4) is 0 Å². The van der Waals surface area contributed by atoms with Gasteiger partial charge < -0.3 is 15.2 Å². The van der Waals surface area contributed by atoms with Crippen LogP contribution in [0.4, 0.5) is 0 Å². The van der Waals surface area contributed by atoms with Gasteiger partial charge in [0.15, 0.2) is 0 Å². The number of halogens is 1. The lowest BCUT2D eigenvalue weighted by Gasteiger charge is -2.18. The Morgan fingerprint density at radius 3 is 3.00 bits per heavy atom. The fourth-order valence-corrected chi connectivity index (χ4v) is 3.07. The van der Waals surface area contributed by atoms with Crippen molar-refractivity contribution in [3.8, 4) is 5.75 Å². The van der Waals surface area contributed by atoms with Crippen molar-refractivity contribution in [1.29, 1.82) is 0 Å². The highest BCUT2D eigenvalue weighted by Crippen LogP contribution is 2.19. The normalized spacial score (nSPS) is 13.9. The summed E-state index contributed by atoms with van der Waals surface area (Å²) in [5.41, 5.74) is 0. The zero-order chi connectivity index (χ0) is 15.1. The number of hydrogen-bond acceptors (Lipinski definition) is 5. The zero-order valence-corrected chi connectivity index (χ0v) is 14.2. The zero-order valence-electron chi connectivity index (χ0n) is 11.8. The molecule has 0 aliphatic heterocycles. The second-order valence-corrected chi connectivity index (χ2v) is 6.50. The first-order valence-electron chi connectivity index (χ1n) is 6.88. The van der Waals surface area contributed by atoms with Gasteiger partial charge in [0.2, 0.25) is 0 Å². The van der Waals surface area contributed by atoms with Crippen LogP contribution in [0.1, 0.15) is 24.4 Å². The Bertz CT molecular complexity index is 536. The monoisotopic (exact) mass is 370 g/mol. The summed E-state index contributed by atoms with van der Waals surface area (Å²) in [4.78, 5) is 4.31. The largest absolute Gasteiger partial charge is 0.491 e. The van der Waals surface area contributed by atoms with E-state index in [2.05, 4.69) is 33.2 Å². The second-order valence-electron chi connectivity index (χ2n) is 4.66. The first-order chi connectivity index (χ1) is 10.2. The van der Waals surface area contributed by atoms with E-state index in [1.165, 1.54) is 0 Å². The summed E-state index contributed by atoms with van der Waals surface area (Å²) in [5, 5.41) is 16.4. The molecule has 2 aromatic rings. The lowest BCUT2D eigenvalue weighted by molar-refractivity contribution is 0.103. The van der Waals surface area contributed by atoms with Crippen LogP contribution in [-0.2, 0) is 0 Å². The van der Waals surface area contributed by atoms with Gasteiger partial charge in [-0.1, -0.05) is 28.9 Å². The van der Waals surface area contributed by atoms with Gasteiger partial charge in [-0.05, 0) is 24.6 Å². The highest BCUT2D eigenvalue weighted by Gasteiger charge is 2.13. The highest BCUT2D eigenvalue weighted by molar-refractivity contribution is 9.10. The molecule has 4 nitrogen and oxygen atoms in total. The van der Waals surface area contributed by atoms with Gasteiger partial charge in [0.05, 0.1) is 6.04 Å². The van der Waals surface area contributed by atoms with Crippen molar-refractivity contribution in [2.75, 3.05) is 13.2 Å². The third-order valence-electron chi connectivity index (χ3n) is 3.00. The van der Waals surface area contributed by atoms with Crippen molar-refractivity contribution in [2.24, 2.45) is 0 Å². The second kappa shape index (κ2) is 8.48. The van der Waals surface area contributed by atoms with E-state index in [1.807, 2.05) is 29.6 Å². The summed E-state index contributed by atoms with van der Waals surface area (Å²) in [6.45, 7) is 2.84. The number of hydrogen-bond donors (Lipinski definition) is 2. The van der Waals surface area contributed by atoms with Crippen molar-refractivity contribution < 1.29 is 9.84 Å². The molecule has 0 saturated carbocycles. The van der Waals surface area contributed by atoms with Gasteiger partial charge in [0.1, 0.15) is 23.5 Å². The maximum absolute atomic E-state index is 10.0. The van der Waals surface area contributed by atoms with Crippen LogP contribution in [-0.4, -0.2) is 29.3 Å². The number of nitrogens with zero attached hydrogens (tertiary/aromatic N) is 1. The number of benzene rings is 1. The molecule has 21 heavy (non-hydrogen) atoms. The summed E-state index contributed by atoms with van der Waals surface area (Å²) in [6.07, 6.45) is 2.18. The fraction of sp³-hybridized carbons (Fsp3) is 0.400. The molecule has 0 radical (unpaired) electrons. The van der Waals surface area contributed by atoms with Crippen LogP contribution < -0.4 is 10.1 Å². The summed E-state index contributed by atoms with van der Waals surface area (Å²) in [6, 6.07) is 7.77. The molecule has 1 aromatic heterocycles. The molecule has 0 amide bonds. The molecule has 2 atom stereocenters. The van der Waals surface area contributed by atoms with Gasteiger partial charge in [0.25, 0.3) is 0 Å². The van der Waals surface area contributed by atoms with E-state index < -0.39 is 6.10 Å². The molecule has 0 aliphatic carbocycles. The predicted molar refractivity (Wildman–Crippen MR) is 88.8 cm³/mol. The smallest absolute Gasteiger partial charge is 0.120 e. The van der Waals surface area contributed by atoms with Gasteiger partial charge in [-0.15, -0.1) is 11.3 Å². The fourth-order valence-electron chi connectivity index (χ4n) is 1.90.